The first-order valence-corrected chi connectivity index (χ1v) is 10.6. The van der Waals surface area contributed by atoms with Crippen LogP contribution in [0.25, 0.3) is 16.3 Å². The van der Waals surface area contributed by atoms with Crippen LogP contribution >= 0.6 is 11.3 Å². The van der Waals surface area contributed by atoms with Crippen molar-refractivity contribution in [2.75, 3.05) is 26.2 Å². The number of thiazole rings is 1. The zero-order chi connectivity index (χ0) is 19.3. The molecule has 0 spiro atoms. The second-order valence-electron chi connectivity index (χ2n) is 7.33. The van der Waals surface area contributed by atoms with Crippen molar-refractivity contribution in [1.29, 1.82) is 0 Å². The third kappa shape index (κ3) is 4.48. The van der Waals surface area contributed by atoms with Gasteiger partial charge in [0.05, 0.1) is 11.9 Å². The molecule has 1 aliphatic heterocycles. The molecule has 0 radical (unpaired) electrons. The molecule has 1 aromatic carbocycles. The molecular weight excluding hydrogens is 370 g/mol. The van der Waals surface area contributed by atoms with Crippen LogP contribution in [0.3, 0.4) is 0 Å². The Kier molecular flexibility index (Phi) is 5.83. The second kappa shape index (κ2) is 8.67. The van der Waals surface area contributed by atoms with Crippen LogP contribution in [0.5, 0.6) is 0 Å². The summed E-state index contributed by atoms with van der Waals surface area (Å²) in [6, 6.07) is 9.94. The SMILES string of the molecule is CC1CCN(CCNC(=O)c2csc(-c3cnn(-c4ccccc4)c3)n2)CC1. The van der Waals surface area contributed by atoms with E-state index >= 15 is 0 Å². The van der Waals surface area contributed by atoms with E-state index in [0.29, 0.717) is 12.2 Å². The number of amides is 1. The lowest BCUT2D eigenvalue weighted by molar-refractivity contribution is 0.0940. The number of benzene rings is 1. The highest BCUT2D eigenvalue weighted by Crippen LogP contribution is 2.24. The lowest BCUT2D eigenvalue weighted by Crippen LogP contribution is -2.39. The van der Waals surface area contributed by atoms with E-state index in [4.69, 9.17) is 0 Å². The van der Waals surface area contributed by atoms with E-state index < -0.39 is 0 Å². The van der Waals surface area contributed by atoms with Gasteiger partial charge in [0, 0.05) is 30.2 Å². The number of likely N-dealkylation sites (tertiary alicyclic amines) is 1. The summed E-state index contributed by atoms with van der Waals surface area (Å²) in [6.07, 6.45) is 6.22. The van der Waals surface area contributed by atoms with Gasteiger partial charge < -0.3 is 10.2 Å². The number of nitrogens with one attached hydrogen (secondary N) is 1. The fourth-order valence-electron chi connectivity index (χ4n) is 3.37. The lowest BCUT2D eigenvalue weighted by Gasteiger charge is -2.30. The van der Waals surface area contributed by atoms with Crippen molar-refractivity contribution in [3.8, 4) is 16.3 Å². The normalized spacial score (nSPS) is 15.6. The highest BCUT2D eigenvalue weighted by Gasteiger charge is 2.16. The highest BCUT2D eigenvalue weighted by molar-refractivity contribution is 7.13. The van der Waals surface area contributed by atoms with Gasteiger partial charge in [-0.3, -0.25) is 4.79 Å². The van der Waals surface area contributed by atoms with E-state index in [0.717, 1.165) is 41.8 Å². The lowest BCUT2D eigenvalue weighted by atomic mass is 9.99. The molecule has 3 aromatic rings. The quantitative estimate of drug-likeness (QED) is 0.694. The fraction of sp³-hybridized carbons (Fsp3) is 0.381. The topological polar surface area (TPSA) is 63.1 Å². The Morgan fingerprint density at radius 1 is 1.25 bits per heavy atom. The molecule has 146 valence electrons. The fourth-order valence-corrected chi connectivity index (χ4v) is 4.15. The second-order valence-corrected chi connectivity index (χ2v) is 8.19. The van der Waals surface area contributed by atoms with E-state index in [1.54, 1.807) is 6.20 Å². The maximum absolute atomic E-state index is 12.4. The van der Waals surface area contributed by atoms with Gasteiger partial charge in [0.25, 0.3) is 5.91 Å². The van der Waals surface area contributed by atoms with E-state index in [1.807, 2.05) is 46.6 Å². The molecule has 7 heteroatoms. The summed E-state index contributed by atoms with van der Waals surface area (Å²) in [7, 11) is 0. The minimum Gasteiger partial charge on any atom is -0.349 e. The summed E-state index contributed by atoms with van der Waals surface area (Å²) < 4.78 is 1.82. The van der Waals surface area contributed by atoms with E-state index in [2.05, 4.69) is 27.2 Å². The number of para-hydroxylation sites is 1. The van der Waals surface area contributed by atoms with E-state index in [9.17, 15) is 4.79 Å². The van der Waals surface area contributed by atoms with Crippen molar-refractivity contribution < 1.29 is 4.79 Å². The Morgan fingerprint density at radius 3 is 2.82 bits per heavy atom. The van der Waals surface area contributed by atoms with Crippen LogP contribution in [0.2, 0.25) is 0 Å². The summed E-state index contributed by atoms with van der Waals surface area (Å²) in [5.74, 6) is 0.717. The van der Waals surface area contributed by atoms with E-state index in [1.165, 1.54) is 24.2 Å². The van der Waals surface area contributed by atoms with Crippen LogP contribution in [0.4, 0.5) is 0 Å². The van der Waals surface area contributed by atoms with Crippen molar-refractivity contribution in [2.45, 2.75) is 19.8 Å². The number of hydrogen-bond donors (Lipinski definition) is 1. The molecule has 0 bridgehead atoms. The van der Waals surface area contributed by atoms with Gasteiger partial charge >= 0.3 is 0 Å². The van der Waals surface area contributed by atoms with Crippen molar-refractivity contribution in [1.82, 2.24) is 25.0 Å². The van der Waals surface area contributed by atoms with Crippen molar-refractivity contribution >= 4 is 17.2 Å². The van der Waals surface area contributed by atoms with Gasteiger partial charge in [-0.25, -0.2) is 9.67 Å². The Morgan fingerprint density at radius 2 is 2.04 bits per heavy atom. The maximum Gasteiger partial charge on any atom is 0.270 e. The Hall–Kier alpha value is -2.51. The van der Waals surface area contributed by atoms with Crippen molar-refractivity contribution in [2.24, 2.45) is 5.92 Å². The molecule has 3 heterocycles. The number of carbonyl (C=O) groups is 1. The molecule has 0 atom stereocenters. The number of aromatic nitrogens is 3. The smallest absolute Gasteiger partial charge is 0.270 e. The zero-order valence-electron chi connectivity index (χ0n) is 16.0. The maximum atomic E-state index is 12.4. The molecule has 1 amide bonds. The van der Waals surface area contributed by atoms with Gasteiger partial charge in [0.15, 0.2) is 0 Å². The first-order chi connectivity index (χ1) is 13.7. The number of nitrogens with zero attached hydrogens (tertiary/aromatic N) is 4. The van der Waals surface area contributed by atoms with Gasteiger partial charge in [-0.1, -0.05) is 25.1 Å². The molecule has 1 aliphatic rings. The van der Waals surface area contributed by atoms with Gasteiger partial charge in [-0.2, -0.15) is 5.10 Å². The molecule has 1 N–H and O–H groups in total. The van der Waals surface area contributed by atoms with E-state index in [-0.39, 0.29) is 5.91 Å². The van der Waals surface area contributed by atoms with Gasteiger partial charge in [0.2, 0.25) is 0 Å². The molecule has 28 heavy (non-hydrogen) atoms. The summed E-state index contributed by atoms with van der Waals surface area (Å²) >= 11 is 1.47. The third-order valence-electron chi connectivity index (χ3n) is 5.18. The highest BCUT2D eigenvalue weighted by atomic mass is 32.1. The van der Waals surface area contributed by atoms with Crippen molar-refractivity contribution in [3.63, 3.8) is 0 Å². The number of rotatable bonds is 6. The molecule has 0 aliphatic carbocycles. The average molecular weight is 396 g/mol. The summed E-state index contributed by atoms with van der Waals surface area (Å²) in [6.45, 7) is 6.13. The largest absolute Gasteiger partial charge is 0.349 e. The van der Waals surface area contributed by atoms with Gasteiger partial charge in [0.1, 0.15) is 10.7 Å². The predicted molar refractivity (Wildman–Crippen MR) is 112 cm³/mol. The predicted octanol–water partition coefficient (Wildman–Crippen LogP) is 3.46. The molecular formula is C21H25N5OS. The minimum atomic E-state index is -0.108. The standard InChI is InChI=1S/C21H25N5OS/c1-16-7-10-25(11-8-16)12-9-22-20(27)19-15-28-21(24-19)17-13-23-26(14-17)18-5-3-2-4-6-18/h2-6,13-16H,7-12H2,1H3,(H,22,27). The van der Waals surface area contributed by atoms with Crippen LogP contribution in [-0.4, -0.2) is 51.8 Å². The average Bonchev–Trinajstić information content (AvgIpc) is 3.40. The van der Waals surface area contributed by atoms with Crippen LogP contribution in [-0.2, 0) is 0 Å². The zero-order valence-corrected chi connectivity index (χ0v) is 16.9. The molecule has 1 fully saturated rings. The van der Waals surface area contributed by atoms with Gasteiger partial charge in [-0.05, 0) is 44.0 Å². The summed E-state index contributed by atoms with van der Waals surface area (Å²) in [4.78, 5) is 19.3. The third-order valence-corrected chi connectivity index (χ3v) is 6.07. The number of piperidine rings is 1. The molecule has 0 unspecified atom stereocenters. The molecule has 1 saturated heterocycles. The molecule has 2 aromatic heterocycles. The molecule has 4 rings (SSSR count). The molecule has 6 nitrogen and oxygen atoms in total. The Balaban J connectivity index is 1.32. The number of carbonyl (C=O) groups excluding carboxylic acids is 1. The number of hydrogen-bond acceptors (Lipinski definition) is 5. The molecule has 0 saturated carbocycles. The van der Waals surface area contributed by atoms with Crippen LogP contribution in [0.1, 0.15) is 30.3 Å². The minimum absolute atomic E-state index is 0.108. The summed E-state index contributed by atoms with van der Waals surface area (Å²) in [5, 5.41) is 10.0. The van der Waals surface area contributed by atoms with Crippen molar-refractivity contribution in [3.05, 3.63) is 53.8 Å². The Labute approximate surface area is 169 Å². The van der Waals surface area contributed by atoms with Gasteiger partial charge in [-0.15, -0.1) is 11.3 Å². The van der Waals surface area contributed by atoms with Crippen LogP contribution < -0.4 is 5.32 Å². The van der Waals surface area contributed by atoms with Crippen LogP contribution in [0, 0.1) is 5.92 Å². The first-order valence-electron chi connectivity index (χ1n) is 9.75. The Bertz CT molecular complexity index is 912. The van der Waals surface area contributed by atoms with Crippen LogP contribution in [0.15, 0.2) is 48.1 Å². The summed E-state index contributed by atoms with van der Waals surface area (Å²) in [5.41, 5.74) is 2.38. The first kappa shape index (κ1) is 18.8. The monoisotopic (exact) mass is 395 g/mol.